The molecule has 0 aromatic heterocycles. The Morgan fingerprint density at radius 2 is 1.25 bits per heavy atom. The van der Waals surface area contributed by atoms with Crippen LogP contribution in [0.4, 0.5) is 0 Å². The van der Waals surface area contributed by atoms with Crippen LogP contribution in [0.3, 0.4) is 0 Å². The van der Waals surface area contributed by atoms with E-state index in [1.54, 1.807) is 0 Å². The Hall–Kier alpha value is 0.910. The molecule has 0 rings (SSSR count). The minimum atomic E-state index is -2.64. The summed E-state index contributed by atoms with van der Waals surface area (Å²) in [4.78, 5) is 0. The maximum absolute atomic E-state index is 10.0. The molecule has 0 atom stereocenters. The second-order valence-electron chi connectivity index (χ2n) is 3.89. The van der Waals surface area contributed by atoms with Gasteiger partial charge in [-0.3, -0.25) is 4.18 Å². The molecule has 0 saturated carbocycles. The van der Waals surface area contributed by atoms with Crippen LogP contribution in [0.2, 0.25) is 0 Å². The first-order chi connectivity index (χ1) is 7.27. The predicted molar refractivity (Wildman–Crippen MR) is 70.6 cm³/mol. The van der Waals surface area contributed by atoms with Crippen molar-refractivity contribution in [2.45, 2.75) is 64.7 Å². The van der Waals surface area contributed by atoms with Gasteiger partial charge in [0.25, 0.3) is 11.0 Å². The molecule has 0 aliphatic carbocycles. The van der Waals surface area contributed by atoms with Crippen molar-refractivity contribution in [1.29, 1.82) is 0 Å². The van der Waals surface area contributed by atoms with E-state index in [2.05, 4.69) is 11.1 Å². The van der Waals surface area contributed by atoms with Gasteiger partial charge < -0.3 is 0 Å². The van der Waals surface area contributed by atoms with Crippen LogP contribution in [0.25, 0.3) is 0 Å². The van der Waals surface area contributed by atoms with E-state index in [1.807, 2.05) is 0 Å². The van der Waals surface area contributed by atoms with Crippen LogP contribution in [0.1, 0.15) is 64.7 Å². The van der Waals surface area contributed by atoms with Crippen LogP contribution in [0.15, 0.2) is 0 Å². The molecule has 0 unspecified atom stereocenters. The van der Waals surface area contributed by atoms with E-state index in [-0.39, 0.29) is 29.6 Å². The zero-order valence-electron chi connectivity index (χ0n) is 9.74. The fourth-order valence-corrected chi connectivity index (χ4v) is 1.83. The summed E-state index contributed by atoms with van der Waals surface area (Å²) in [6.45, 7) is 2.58. The van der Waals surface area contributed by atoms with Crippen molar-refractivity contribution in [3.05, 3.63) is 0 Å². The molecule has 0 aliphatic rings. The van der Waals surface area contributed by atoms with E-state index >= 15 is 0 Å². The molecule has 5 heteroatoms. The SMILES string of the molecule is CCCCCCCCCCCO[SH](=O)=O.[NaH]. The van der Waals surface area contributed by atoms with Crippen molar-refractivity contribution < 1.29 is 12.6 Å². The van der Waals surface area contributed by atoms with Crippen molar-refractivity contribution in [2.24, 2.45) is 0 Å². The molecule has 0 aromatic rings. The minimum absolute atomic E-state index is 0. The van der Waals surface area contributed by atoms with Gasteiger partial charge in [-0.15, -0.1) is 0 Å². The van der Waals surface area contributed by atoms with Crippen molar-refractivity contribution >= 4 is 40.5 Å². The van der Waals surface area contributed by atoms with Gasteiger partial charge in [0, 0.05) is 0 Å². The molecule has 3 nitrogen and oxygen atoms in total. The zero-order chi connectivity index (χ0) is 11.4. The van der Waals surface area contributed by atoms with Gasteiger partial charge in [0.05, 0.1) is 6.61 Å². The molecule has 94 valence electrons. The zero-order valence-corrected chi connectivity index (χ0v) is 10.6. The fourth-order valence-electron chi connectivity index (χ4n) is 1.55. The third kappa shape index (κ3) is 17.3. The van der Waals surface area contributed by atoms with Gasteiger partial charge in [0.1, 0.15) is 0 Å². The van der Waals surface area contributed by atoms with Gasteiger partial charge in [0.2, 0.25) is 0 Å². The fraction of sp³-hybridized carbons (Fsp3) is 1.00. The molecule has 0 N–H and O–H groups in total. The molecule has 0 bridgehead atoms. The monoisotopic (exact) mass is 260 g/mol. The molecular formula is C11H25NaO3S. The summed E-state index contributed by atoms with van der Waals surface area (Å²) in [5.41, 5.74) is 0. The molecule has 0 amide bonds. The van der Waals surface area contributed by atoms with Crippen LogP contribution in [0, 0.1) is 0 Å². The number of hydrogen-bond acceptors (Lipinski definition) is 3. The third-order valence-corrected chi connectivity index (χ3v) is 2.84. The van der Waals surface area contributed by atoms with Crippen molar-refractivity contribution in [3.8, 4) is 0 Å². The molecule has 0 saturated heterocycles. The topological polar surface area (TPSA) is 43.4 Å². The Morgan fingerprint density at radius 3 is 1.69 bits per heavy atom. The maximum atomic E-state index is 10.0. The predicted octanol–water partition coefficient (Wildman–Crippen LogP) is 2.41. The summed E-state index contributed by atoms with van der Waals surface area (Å²) in [7, 11) is -2.64. The normalized spacial score (nSPS) is 10.4. The first-order valence-electron chi connectivity index (χ1n) is 6.04. The van der Waals surface area contributed by atoms with Gasteiger partial charge in [-0.25, -0.2) is 8.42 Å². The Bertz CT molecular complexity index is 188. The Kier molecular flexibility index (Phi) is 19.1. The first-order valence-corrected chi connectivity index (χ1v) is 7.14. The van der Waals surface area contributed by atoms with Crippen LogP contribution < -0.4 is 0 Å². The van der Waals surface area contributed by atoms with Crippen molar-refractivity contribution in [1.82, 2.24) is 0 Å². The van der Waals surface area contributed by atoms with E-state index in [1.165, 1.54) is 44.9 Å². The molecular weight excluding hydrogens is 235 g/mol. The summed E-state index contributed by atoms with van der Waals surface area (Å²) in [5.74, 6) is 0. The number of rotatable bonds is 11. The number of hydrogen-bond donors (Lipinski definition) is 1. The van der Waals surface area contributed by atoms with E-state index < -0.39 is 11.0 Å². The van der Waals surface area contributed by atoms with Crippen LogP contribution in [-0.4, -0.2) is 44.6 Å². The second kappa shape index (κ2) is 15.9. The molecule has 0 fully saturated rings. The van der Waals surface area contributed by atoms with Gasteiger partial charge in [-0.05, 0) is 6.42 Å². The van der Waals surface area contributed by atoms with Gasteiger partial charge in [-0.1, -0.05) is 58.3 Å². The molecule has 0 spiro atoms. The van der Waals surface area contributed by atoms with E-state index in [0.29, 0.717) is 6.61 Å². The second-order valence-corrected chi connectivity index (χ2v) is 4.59. The van der Waals surface area contributed by atoms with Gasteiger partial charge >= 0.3 is 29.6 Å². The summed E-state index contributed by atoms with van der Waals surface area (Å²) in [5, 5.41) is 0. The van der Waals surface area contributed by atoms with Crippen LogP contribution in [-0.2, 0) is 15.2 Å². The summed E-state index contributed by atoms with van der Waals surface area (Å²) >= 11 is 0. The van der Waals surface area contributed by atoms with E-state index in [0.717, 1.165) is 12.8 Å². The molecule has 0 radical (unpaired) electrons. The van der Waals surface area contributed by atoms with Gasteiger partial charge in [-0.2, -0.15) is 0 Å². The summed E-state index contributed by atoms with van der Waals surface area (Å²) < 4.78 is 24.6. The standard InChI is InChI=1S/C11H24O3S.Na.H/c1-2-3-4-5-6-7-8-9-10-11-14-15(12)13;;/h15H,2-11H2,1H3;;. The van der Waals surface area contributed by atoms with Gasteiger partial charge in [0.15, 0.2) is 0 Å². The third-order valence-electron chi connectivity index (χ3n) is 2.44. The average Bonchev–Trinajstić information content (AvgIpc) is 2.20. The quantitative estimate of drug-likeness (QED) is 0.352. The molecule has 0 heterocycles. The van der Waals surface area contributed by atoms with Crippen LogP contribution >= 0.6 is 0 Å². The Labute approximate surface area is 124 Å². The molecule has 0 aliphatic heterocycles. The van der Waals surface area contributed by atoms with E-state index in [4.69, 9.17) is 0 Å². The molecule has 0 aromatic carbocycles. The number of thiol groups is 1. The van der Waals surface area contributed by atoms with E-state index in [9.17, 15) is 8.42 Å². The summed E-state index contributed by atoms with van der Waals surface area (Å²) in [6, 6.07) is 0. The molecule has 16 heavy (non-hydrogen) atoms. The average molecular weight is 260 g/mol. The Balaban J connectivity index is 0. The van der Waals surface area contributed by atoms with Crippen molar-refractivity contribution in [2.75, 3.05) is 6.61 Å². The van der Waals surface area contributed by atoms with Crippen LogP contribution in [0.5, 0.6) is 0 Å². The number of unbranched alkanes of at least 4 members (excludes halogenated alkanes) is 8. The first kappa shape index (κ1) is 19.3. The Morgan fingerprint density at radius 1 is 0.812 bits per heavy atom. The van der Waals surface area contributed by atoms with Crippen molar-refractivity contribution in [3.63, 3.8) is 0 Å². The summed E-state index contributed by atoms with van der Waals surface area (Å²) in [6.07, 6.45) is 11.1.